The highest BCUT2D eigenvalue weighted by Gasteiger charge is 2.15. The Morgan fingerprint density at radius 2 is 1.02 bits per heavy atom. The molecule has 9 aromatic rings. The molecule has 0 unspecified atom stereocenters. The van der Waals surface area contributed by atoms with E-state index in [1.165, 1.54) is 38.6 Å². The fourth-order valence-corrected chi connectivity index (χ4v) is 7.16. The van der Waals surface area contributed by atoms with Crippen LogP contribution in [-0.4, -0.2) is 15.0 Å². The second-order valence-corrected chi connectivity index (χ2v) is 13.2. The van der Waals surface area contributed by atoms with Crippen molar-refractivity contribution in [2.45, 2.75) is 26.2 Å². The lowest BCUT2D eigenvalue weighted by Crippen LogP contribution is -2.00. The van der Waals surface area contributed by atoms with Crippen LogP contribution in [-0.2, 0) is 12.8 Å². The van der Waals surface area contributed by atoms with Crippen molar-refractivity contribution in [3.63, 3.8) is 0 Å². The zero-order chi connectivity index (χ0) is 34.1. The van der Waals surface area contributed by atoms with E-state index >= 15 is 0 Å². The van der Waals surface area contributed by atoms with E-state index in [9.17, 15) is 0 Å². The highest BCUT2D eigenvalue weighted by molar-refractivity contribution is 6.06. The molecule has 2 heterocycles. The maximum absolute atomic E-state index is 6.52. The third kappa shape index (κ3) is 6.06. The predicted octanol–water partition coefficient (Wildman–Crippen LogP) is 12.1. The van der Waals surface area contributed by atoms with Crippen LogP contribution in [0.4, 0.5) is 0 Å². The first-order valence-corrected chi connectivity index (χ1v) is 17.6. The Morgan fingerprint density at radius 1 is 0.451 bits per heavy atom. The summed E-state index contributed by atoms with van der Waals surface area (Å²) in [6.45, 7) is 2.20. The molecule has 51 heavy (non-hydrogen) atoms. The normalized spacial score (nSPS) is 11.5. The number of fused-ring (bicyclic) bond motifs is 4. The molecular formula is C47H35N3O. The van der Waals surface area contributed by atoms with Crippen molar-refractivity contribution in [3.8, 4) is 45.3 Å². The largest absolute Gasteiger partial charge is 0.456 e. The minimum Gasteiger partial charge on any atom is -0.456 e. The van der Waals surface area contributed by atoms with Gasteiger partial charge in [-0.1, -0.05) is 133 Å². The summed E-state index contributed by atoms with van der Waals surface area (Å²) < 4.78 is 6.52. The summed E-state index contributed by atoms with van der Waals surface area (Å²) in [4.78, 5) is 14.7. The number of benzene rings is 7. The minimum absolute atomic E-state index is 0.615. The third-order valence-corrected chi connectivity index (χ3v) is 9.81. The third-order valence-electron chi connectivity index (χ3n) is 9.81. The van der Waals surface area contributed by atoms with Gasteiger partial charge in [0.15, 0.2) is 17.5 Å². The highest BCUT2D eigenvalue weighted by atomic mass is 16.3. The predicted molar refractivity (Wildman–Crippen MR) is 210 cm³/mol. The van der Waals surface area contributed by atoms with Gasteiger partial charge in [0.25, 0.3) is 0 Å². The van der Waals surface area contributed by atoms with E-state index < -0.39 is 0 Å². The molecule has 0 saturated carbocycles. The van der Waals surface area contributed by atoms with E-state index in [1.807, 2.05) is 60.7 Å². The molecule has 0 N–H and O–H groups in total. The molecule has 7 aromatic carbocycles. The first kappa shape index (κ1) is 30.7. The van der Waals surface area contributed by atoms with Gasteiger partial charge in [0, 0.05) is 27.5 Å². The first-order chi connectivity index (χ1) is 25.2. The molecule has 0 aliphatic carbocycles. The molecule has 4 nitrogen and oxygen atoms in total. The van der Waals surface area contributed by atoms with Gasteiger partial charge in [0.2, 0.25) is 0 Å². The fraction of sp³-hybridized carbons (Fsp3) is 0.0851. The Balaban J connectivity index is 1.01. The Hall–Kier alpha value is -6.39. The van der Waals surface area contributed by atoms with Gasteiger partial charge in [-0.05, 0) is 89.0 Å². The zero-order valence-electron chi connectivity index (χ0n) is 28.4. The quantitative estimate of drug-likeness (QED) is 0.163. The number of hydrogen-bond acceptors (Lipinski definition) is 4. The van der Waals surface area contributed by atoms with Crippen LogP contribution >= 0.6 is 0 Å². The zero-order valence-corrected chi connectivity index (χ0v) is 28.4. The number of hydrogen-bond donors (Lipinski definition) is 0. The summed E-state index contributed by atoms with van der Waals surface area (Å²) in [7, 11) is 0. The summed E-state index contributed by atoms with van der Waals surface area (Å²) in [5.41, 5.74) is 11.1. The summed E-state index contributed by atoms with van der Waals surface area (Å²) >= 11 is 0. The molecule has 0 saturated heterocycles. The Morgan fingerprint density at radius 3 is 1.71 bits per heavy atom. The second-order valence-electron chi connectivity index (χ2n) is 13.2. The van der Waals surface area contributed by atoms with Gasteiger partial charge in [0.1, 0.15) is 11.2 Å². The van der Waals surface area contributed by atoms with Gasteiger partial charge >= 0.3 is 0 Å². The van der Waals surface area contributed by atoms with Gasteiger partial charge in [-0.15, -0.1) is 0 Å². The molecule has 0 bridgehead atoms. The number of nitrogens with zero attached hydrogens (tertiary/aromatic N) is 3. The lowest BCUT2D eigenvalue weighted by Gasteiger charge is -2.14. The number of aryl methyl sites for hydroxylation is 3. The molecule has 0 spiro atoms. The van der Waals surface area contributed by atoms with Gasteiger partial charge in [-0.25, -0.2) is 15.0 Å². The second kappa shape index (κ2) is 13.1. The Labute approximate surface area is 297 Å². The van der Waals surface area contributed by atoms with Crippen LogP contribution in [0.3, 0.4) is 0 Å². The van der Waals surface area contributed by atoms with Crippen LogP contribution in [0.5, 0.6) is 0 Å². The number of rotatable bonds is 8. The smallest absolute Gasteiger partial charge is 0.164 e. The molecule has 244 valence electrons. The monoisotopic (exact) mass is 657 g/mol. The van der Waals surface area contributed by atoms with Gasteiger partial charge in [-0.3, -0.25) is 0 Å². The van der Waals surface area contributed by atoms with Crippen molar-refractivity contribution in [3.05, 3.63) is 174 Å². The van der Waals surface area contributed by atoms with E-state index in [-0.39, 0.29) is 0 Å². The summed E-state index contributed by atoms with van der Waals surface area (Å²) in [5, 5.41) is 4.77. The summed E-state index contributed by atoms with van der Waals surface area (Å²) in [5.74, 6) is 1.90. The van der Waals surface area contributed by atoms with E-state index in [0.717, 1.165) is 57.9 Å². The molecule has 0 fully saturated rings. The summed E-state index contributed by atoms with van der Waals surface area (Å²) in [6.07, 6.45) is 3.01. The van der Waals surface area contributed by atoms with E-state index in [1.54, 1.807) is 0 Å². The molecule has 0 aliphatic heterocycles. The molecule has 0 amide bonds. The van der Waals surface area contributed by atoms with Gasteiger partial charge < -0.3 is 4.42 Å². The van der Waals surface area contributed by atoms with Crippen molar-refractivity contribution in [2.75, 3.05) is 0 Å². The van der Waals surface area contributed by atoms with E-state index in [2.05, 4.69) is 104 Å². The van der Waals surface area contributed by atoms with Crippen molar-refractivity contribution in [1.29, 1.82) is 0 Å². The summed E-state index contributed by atoms with van der Waals surface area (Å²) in [6, 6.07) is 55.2. The van der Waals surface area contributed by atoms with Crippen LogP contribution in [0.1, 0.15) is 23.1 Å². The maximum atomic E-state index is 6.52. The molecule has 0 aliphatic rings. The molecule has 0 atom stereocenters. The average Bonchev–Trinajstić information content (AvgIpc) is 3.55. The van der Waals surface area contributed by atoms with Crippen molar-refractivity contribution < 1.29 is 4.42 Å². The van der Waals surface area contributed by atoms with Crippen molar-refractivity contribution in [2.24, 2.45) is 0 Å². The SMILES string of the molecule is Cc1ccccc1-c1cc2ccccc2cc1CCCc1ccc2c(c1)oc1cc(-c3nc(-c4ccccc4)nc(-c4ccccc4)n3)ccc12. The molecule has 4 heteroatoms. The van der Waals surface area contributed by atoms with Gasteiger partial charge in [-0.2, -0.15) is 0 Å². The van der Waals surface area contributed by atoms with Crippen LogP contribution in [0, 0.1) is 6.92 Å². The Kier molecular flexibility index (Phi) is 7.90. The molecule has 9 rings (SSSR count). The first-order valence-electron chi connectivity index (χ1n) is 17.6. The standard InChI is InChI=1S/C47H35N3O/c1-31-13-8-11-22-39(31)42-29-36-20-10-9-19-35(36)28-37(42)21-12-14-32-23-25-40-41-26-24-38(30-44(41)51-43(40)27-32)47-49-45(33-15-4-2-5-16-33)48-46(50-47)34-17-6-3-7-18-34/h2-11,13,15-20,22-30H,12,14,21H2,1H3. The van der Waals surface area contributed by atoms with Crippen LogP contribution in [0.15, 0.2) is 162 Å². The number of furan rings is 1. The molecule has 2 aromatic heterocycles. The Bertz CT molecular complexity index is 2620. The topological polar surface area (TPSA) is 51.8 Å². The van der Waals surface area contributed by atoms with E-state index in [0.29, 0.717) is 17.5 Å². The highest BCUT2D eigenvalue weighted by Crippen LogP contribution is 2.35. The maximum Gasteiger partial charge on any atom is 0.164 e. The molecule has 0 radical (unpaired) electrons. The van der Waals surface area contributed by atoms with Crippen LogP contribution in [0.2, 0.25) is 0 Å². The molecular weight excluding hydrogens is 623 g/mol. The van der Waals surface area contributed by atoms with E-state index in [4.69, 9.17) is 19.4 Å². The van der Waals surface area contributed by atoms with Crippen molar-refractivity contribution >= 4 is 32.7 Å². The lowest BCUT2D eigenvalue weighted by atomic mass is 9.90. The number of aromatic nitrogens is 3. The lowest BCUT2D eigenvalue weighted by molar-refractivity contribution is 0.667. The average molecular weight is 658 g/mol. The fourth-order valence-electron chi connectivity index (χ4n) is 7.16. The van der Waals surface area contributed by atoms with Crippen LogP contribution < -0.4 is 0 Å². The van der Waals surface area contributed by atoms with Crippen LogP contribution in [0.25, 0.3) is 78.0 Å². The van der Waals surface area contributed by atoms with Crippen molar-refractivity contribution in [1.82, 2.24) is 15.0 Å². The van der Waals surface area contributed by atoms with Gasteiger partial charge in [0.05, 0.1) is 0 Å². The minimum atomic E-state index is 0.615.